The molecule has 2 aromatic carbocycles. The van der Waals surface area contributed by atoms with Crippen molar-refractivity contribution in [3.05, 3.63) is 71.5 Å². The normalized spacial score (nSPS) is 12.5. The molecule has 0 bridgehead atoms. The lowest BCUT2D eigenvalue weighted by molar-refractivity contribution is 0.0908. The molecule has 4 heteroatoms. The van der Waals surface area contributed by atoms with E-state index in [0.717, 1.165) is 29.6 Å². The molecule has 0 spiro atoms. The number of para-hydroxylation sites is 1. The fourth-order valence-electron chi connectivity index (χ4n) is 3.46. The van der Waals surface area contributed by atoms with Gasteiger partial charge in [-0.25, -0.2) is 0 Å². The van der Waals surface area contributed by atoms with E-state index in [4.69, 9.17) is 4.42 Å². The molecule has 136 valence electrons. The Bertz CT molecular complexity index is 866. The van der Waals surface area contributed by atoms with Gasteiger partial charge in [0.2, 0.25) is 0 Å². The minimum atomic E-state index is -0.160. The van der Waals surface area contributed by atoms with Crippen LogP contribution in [-0.2, 0) is 0 Å². The van der Waals surface area contributed by atoms with Crippen molar-refractivity contribution < 1.29 is 9.21 Å². The van der Waals surface area contributed by atoms with Crippen LogP contribution in [0.2, 0.25) is 0 Å². The number of nitrogens with zero attached hydrogens (tertiary/aromatic N) is 1. The average Bonchev–Trinajstić information content (AvgIpc) is 3.02. The lowest BCUT2D eigenvalue weighted by Crippen LogP contribution is -2.38. The molecule has 0 aliphatic rings. The Balaban J connectivity index is 1.79. The minimum Gasteiger partial charge on any atom is -0.451 e. The van der Waals surface area contributed by atoms with Crippen molar-refractivity contribution in [2.75, 3.05) is 19.6 Å². The standard InChI is InChI=1S/C22H26N2O2/c1-4-24(5-2)19(17-11-7-6-8-12-17)15-23-22(25)21-16(3)18-13-9-10-14-20(18)26-21/h6-14,19H,4-5,15H2,1-3H3,(H,23,25). The molecule has 1 unspecified atom stereocenters. The Kier molecular flexibility index (Phi) is 5.74. The summed E-state index contributed by atoms with van der Waals surface area (Å²) in [5.41, 5.74) is 2.84. The van der Waals surface area contributed by atoms with Gasteiger partial charge in [-0.05, 0) is 31.6 Å². The van der Waals surface area contributed by atoms with Gasteiger partial charge in [0.05, 0.1) is 6.04 Å². The van der Waals surface area contributed by atoms with E-state index in [2.05, 4.69) is 36.2 Å². The molecule has 0 fully saturated rings. The van der Waals surface area contributed by atoms with Crippen LogP contribution >= 0.6 is 0 Å². The summed E-state index contributed by atoms with van der Waals surface area (Å²) in [5, 5.41) is 4.06. The predicted octanol–water partition coefficient (Wildman–Crippen LogP) is 4.55. The van der Waals surface area contributed by atoms with E-state index in [-0.39, 0.29) is 11.9 Å². The fourth-order valence-corrected chi connectivity index (χ4v) is 3.46. The number of carbonyl (C=O) groups excluding carboxylic acids is 1. The first-order valence-corrected chi connectivity index (χ1v) is 9.21. The van der Waals surface area contributed by atoms with Crippen LogP contribution in [0.25, 0.3) is 11.0 Å². The Labute approximate surface area is 154 Å². The van der Waals surface area contributed by atoms with Crippen molar-refractivity contribution in [1.82, 2.24) is 10.2 Å². The molecule has 3 rings (SSSR count). The van der Waals surface area contributed by atoms with Gasteiger partial charge in [0.15, 0.2) is 5.76 Å². The highest BCUT2D eigenvalue weighted by molar-refractivity contribution is 5.98. The molecule has 4 nitrogen and oxygen atoms in total. The van der Waals surface area contributed by atoms with E-state index in [9.17, 15) is 4.79 Å². The van der Waals surface area contributed by atoms with E-state index in [0.29, 0.717) is 12.3 Å². The molecule has 1 heterocycles. The molecule has 3 aromatic rings. The Morgan fingerprint density at radius 2 is 1.69 bits per heavy atom. The Morgan fingerprint density at radius 1 is 1.04 bits per heavy atom. The van der Waals surface area contributed by atoms with E-state index < -0.39 is 0 Å². The smallest absolute Gasteiger partial charge is 0.287 e. The molecular formula is C22H26N2O2. The van der Waals surface area contributed by atoms with Gasteiger partial charge in [-0.2, -0.15) is 0 Å². The summed E-state index contributed by atoms with van der Waals surface area (Å²) < 4.78 is 5.79. The number of benzene rings is 2. The number of hydrogen-bond acceptors (Lipinski definition) is 3. The maximum absolute atomic E-state index is 12.7. The number of hydrogen-bond donors (Lipinski definition) is 1. The largest absolute Gasteiger partial charge is 0.451 e. The highest BCUT2D eigenvalue weighted by Crippen LogP contribution is 2.25. The monoisotopic (exact) mass is 350 g/mol. The zero-order valence-electron chi connectivity index (χ0n) is 15.7. The summed E-state index contributed by atoms with van der Waals surface area (Å²) in [6.07, 6.45) is 0. The predicted molar refractivity (Wildman–Crippen MR) is 105 cm³/mol. The molecule has 0 aliphatic heterocycles. The van der Waals surface area contributed by atoms with Crippen LogP contribution in [0.15, 0.2) is 59.0 Å². The van der Waals surface area contributed by atoms with E-state index in [1.165, 1.54) is 5.56 Å². The summed E-state index contributed by atoms with van der Waals surface area (Å²) in [6, 6.07) is 18.2. The van der Waals surface area contributed by atoms with Gasteiger partial charge in [0.25, 0.3) is 5.91 Å². The van der Waals surface area contributed by atoms with Crippen LogP contribution in [0.5, 0.6) is 0 Å². The number of nitrogens with one attached hydrogen (secondary N) is 1. The lowest BCUT2D eigenvalue weighted by atomic mass is 10.0. The van der Waals surface area contributed by atoms with Gasteiger partial charge in [0.1, 0.15) is 5.58 Å². The Hall–Kier alpha value is -2.59. The zero-order chi connectivity index (χ0) is 18.5. The van der Waals surface area contributed by atoms with Crippen LogP contribution in [0.4, 0.5) is 0 Å². The molecule has 0 saturated heterocycles. The van der Waals surface area contributed by atoms with Gasteiger partial charge in [-0.1, -0.05) is 62.4 Å². The number of furan rings is 1. The molecule has 1 atom stereocenters. The van der Waals surface area contributed by atoms with Crippen LogP contribution in [0, 0.1) is 6.92 Å². The summed E-state index contributed by atoms with van der Waals surface area (Å²) in [5.74, 6) is 0.240. The van der Waals surface area contributed by atoms with Gasteiger partial charge in [0, 0.05) is 17.5 Å². The van der Waals surface area contributed by atoms with Crippen molar-refractivity contribution in [3.63, 3.8) is 0 Å². The van der Waals surface area contributed by atoms with Gasteiger partial charge in [-0.3, -0.25) is 9.69 Å². The lowest BCUT2D eigenvalue weighted by Gasteiger charge is -2.30. The first-order chi connectivity index (χ1) is 12.7. The van der Waals surface area contributed by atoms with Gasteiger partial charge >= 0.3 is 0 Å². The SMILES string of the molecule is CCN(CC)C(CNC(=O)c1oc2ccccc2c1C)c1ccccc1. The molecule has 1 amide bonds. The maximum atomic E-state index is 12.7. The van der Waals surface area contributed by atoms with Crippen molar-refractivity contribution in [2.45, 2.75) is 26.8 Å². The van der Waals surface area contributed by atoms with E-state index in [1.807, 2.05) is 49.4 Å². The minimum absolute atomic E-state index is 0.139. The summed E-state index contributed by atoms with van der Waals surface area (Å²) in [6.45, 7) is 8.61. The van der Waals surface area contributed by atoms with Crippen LogP contribution in [0.1, 0.15) is 41.6 Å². The van der Waals surface area contributed by atoms with Crippen molar-refractivity contribution in [3.8, 4) is 0 Å². The second kappa shape index (κ2) is 8.19. The van der Waals surface area contributed by atoms with E-state index >= 15 is 0 Å². The molecule has 0 radical (unpaired) electrons. The summed E-state index contributed by atoms with van der Waals surface area (Å²) >= 11 is 0. The number of amides is 1. The quantitative estimate of drug-likeness (QED) is 0.680. The van der Waals surface area contributed by atoms with Gasteiger partial charge < -0.3 is 9.73 Å². The third kappa shape index (κ3) is 3.65. The van der Waals surface area contributed by atoms with E-state index in [1.54, 1.807) is 0 Å². The number of carbonyl (C=O) groups is 1. The zero-order valence-corrected chi connectivity index (χ0v) is 15.7. The van der Waals surface area contributed by atoms with Crippen molar-refractivity contribution >= 4 is 16.9 Å². The first kappa shape index (κ1) is 18.2. The van der Waals surface area contributed by atoms with Crippen molar-refractivity contribution in [1.29, 1.82) is 0 Å². The fraction of sp³-hybridized carbons (Fsp3) is 0.318. The average molecular weight is 350 g/mol. The third-order valence-electron chi connectivity index (χ3n) is 4.94. The van der Waals surface area contributed by atoms with Crippen LogP contribution in [0.3, 0.4) is 0 Å². The first-order valence-electron chi connectivity index (χ1n) is 9.21. The van der Waals surface area contributed by atoms with Crippen molar-refractivity contribution in [2.24, 2.45) is 0 Å². The molecule has 0 aliphatic carbocycles. The number of likely N-dealkylation sites (N-methyl/N-ethyl adjacent to an activating group) is 1. The maximum Gasteiger partial charge on any atom is 0.287 e. The van der Waals surface area contributed by atoms with Gasteiger partial charge in [-0.15, -0.1) is 0 Å². The van der Waals surface area contributed by atoms with Crippen LogP contribution in [-0.4, -0.2) is 30.4 Å². The topological polar surface area (TPSA) is 45.5 Å². The molecule has 0 saturated carbocycles. The molecule has 1 N–H and O–H groups in total. The molecular weight excluding hydrogens is 324 g/mol. The number of fused-ring (bicyclic) bond motifs is 1. The summed E-state index contributed by atoms with van der Waals surface area (Å²) in [4.78, 5) is 15.1. The highest BCUT2D eigenvalue weighted by atomic mass is 16.3. The van der Waals surface area contributed by atoms with Crippen LogP contribution < -0.4 is 5.32 Å². The summed E-state index contributed by atoms with van der Waals surface area (Å²) in [7, 11) is 0. The molecule has 26 heavy (non-hydrogen) atoms. The second-order valence-electron chi connectivity index (χ2n) is 6.41. The highest BCUT2D eigenvalue weighted by Gasteiger charge is 2.21. The molecule has 1 aromatic heterocycles. The number of aryl methyl sites for hydroxylation is 1. The number of rotatable bonds is 7. The second-order valence-corrected chi connectivity index (χ2v) is 6.41. The third-order valence-corrected chi connectivity index (χ3v) is 4.94. The Morgan fingerprint density at radius 3 is 2.35 bits per heavy atom.